The van der Waals surface area contributed by atoms with Gasteiger partial charge in [0.1, 0.15) is 11.6 Å². The maximum atomic E-state index is 13.4. The van der Waals surface area contributed by atoms with Crippen LogP contribution >= 0.6 is 0 Å². The van der Waals surface area contributed by atoms with Crippen molar-refractivity contribution in [3.63, 3.8) is 0 Å². The van der Waals surface area contributed by atoms with Gasteiger partial charge in [-0.2, -0.15) is 13.2 Å². The monoisotopic (exact) mass is 389 g/mol. The van der Waals surface area contributed by atoms with Crippen molar-refractivity contribution >= 4 is 28.6 Å². The molecule has 3 aromatic rings. The molecule has 1 heterocycles. The summed E-state index contributed by atoms with van der Waals surface area (Å²) in [6.45, 7) is 0.0233. The number of nitrogens with two attached hydrogens (primary N) is 1. The molecule has 0 saturated heterocycles. The molecule has 1 aromatic heterocycles. The van der Waals surface area contributed by atoms with E-state index in [9.17, 15) is 17.6 Å². The summed E-state index contributed by atoms with van der Waals surface area (Å²) in [4.78, 5) is 8.62. The van der Waals surface area contributed by atoms with E-state index in [1.54, 1.807) is 18.2 Å². The van der Waals surface area contributed by atoms with Gasteiger partial charge < -0.3 is 16.5 Å². The second-order valence-corrected chi connectivity index (χ2v) is 5.89. The molecular formula is C19H15F4N5. The highest BCUT2D eigenvalue weighted by Gasteiger charge is 2.34. The number of hydrogen-bond donors (Lipinski definition) is 3. The molecule has 9 heteroatoms. The Bertz CT molecular complexity index is 1060. The molecule has 2 aromatic carbocycles. The number of allylic oxidation sites excluding steroid dienone is 1. The molecule has 0 radical (unpaired) electrons. The van der Waals surface area contributed by atoms with E-state index in [1.165, 1.54) is 18.5 Å². The minimum absolute atomic E-state index is 0.0233. The van der Waals surface area contributed by atoms with Crippen molar-refractivity contribution in [3.8, 4) is 0 Å². The van der Waals surface area contributed by atoms with Crippen LogP contribution in [-0.2, 0) is 12.7 Å². The number of nitrogens with one attached hydrogen (secondary N) is 2. The summed E-state index contributed by atoms with van der Waals surface area (Å²) < 4.78 is 51.8. The van der Waals surface area contributed by atoms with Crippen molar-refractivity contribution in [1.82, 2.24) is 9.97 Å². The molecule has 0 amide bonds. The highest BCUT2D eigenvalue weighted by atomic mass is 19.4. The van der Waals surface area contributed by atoms with Crippen molar-refractivity contribution in [2.75, 3.05) is 5.32 Å². The van der Waals surface area contributed by atoms with Gasteiger partial charge in [0, 0.05) is 24.5 Å². The van der Waals surface area contributed by atoms with Gasteiger partial charge in [-0.25, -0.2) is 9.37 Å². The molecule has 0 saturated carbocycles. The van der Waals surface area contributed by atoms with Gasteiger partial charge in [-0.15, -0.1) is 0 Å². The van der Waals surface area contributed by atoms with Gasteiger partial charge in [-0.1, -0.05) is 12.1 Å². The molecule has 3 rings (SSSR count). The van der Waals surface area contributed by atoms with Crippen LogP contribution in [0.25, 0.3) is 16.6 Å². The topological polar surface area (TPSA) is 87.7 Å². The predicted molar refractivity (Wildman–Crippen MR) is 99.2 cm³/mol. The maximum Gasteiger partial charge on any atom is 0.419 e. The van der Waals surface area contributed by atoms with E-state index in [0.717, 1.165) is 18.3 Å². The van der Waals surface area contributed by atoms with E-state index in [0.29, 0.717) is 28.0 Å². The van der Waals surface area contributed by atoms with Gasteiger partial charge in [0.15, 0.2) is 0 Å². The summed E-state index contributed by atoms with van der Waals surface area (Å²) in [5, 5.41) is 10.2. The minimum Gasteiger partial charge on any atom is -0.404 e. The molecule has 0 fully saturated rings. The summed E-state index contributed by atoms with van der Waals surface area (Å²) in [5.74, 6) is -0.951. The van der Waals surface area contributed by atoms with Gasteiger partial charge in [0.2, 0.25) is 0 Å². The van der Waals surface area contributed by atoms with Gasteiger partial charge in [-0.05, 0) is 35.4 Å². The molecule has 28 heavy (non-hydrogen) atoms. The first-order valence-electron chi connectivity index (χ1n) is 8.11. The first-order valence-corrected chi connectivity index (χ1v) is 8.11. The zero-order valence-corrected chi connectivity index (χ0v) is 14.4. The van der Waals surface area contributed by atoms with Crippen LogP contribution in [0.2, 0.25) is 0 Å². The Morgan fingerprint density at radius 2 is 1.93 bits per heavy atom. The molecule has 0 aliphatic rings. The van der Waals surface area contributed by atoms with Crippen LogP contribution in [-0.4, -0.2) is 16.2 Å². The minimum atomic E-state index is -4.76. The van der Waals surface area contributed by atoms with Gasteiger partial charge in [0.05, 0.1) is 22.8 Å². The molecule has 4 N–H and O–H groups in total. The van der Waals surface area contributed by atoms with Gasteiger partial charge >= 0.3 is 6.18 Å². The third kappa shape index (κ3) is 4.08. The van der Waals surface area contributed by atoms with Crippen LogP contribution in [0.3, 0.4) is 0 Å². The predicted octanol–water partition coefficient (Wildman–Crippen LogP) is 4.35. The molecule has 5 nitrogen and oxygen atoms in total. The average molecular weight is 389 g/mol. The fourth-order valence-electron chi connectivity index (χ4n) is 2.60. The van der Waals surface area contributed by atoms with E-state index >= 15 is 0 Å². The molecule has 0 spiro atoms. The van der Waals surface area contributed by atoms with Crippen LogP contribution < -0.4 is 11.1 Å². The first kappa shape index (κ1) is 19.3. The standard InChI is InChI=1S/C19H15F4N5/c20-15-3-1-11(5-14(15)19(21,22)23)9-27-18-10-26-17-6-12(13(7-24)8-25)2-4-16(17)28-18/h1-8,10,24H,9,25H2,(H,27,28)/b13-8+,24-7?. The Morgan fingerprint density at radius 3 is 2.61 bits per heavy atom. The van der Waals surface area contributed by atoms with Crippen molar-refractivity contribution in [2.24, 2.45) is 5.73 Å². The lowest BCUT2D eigenvalue weighted by Gasteiger charge is -2.11. The van der Waals surface area contributed by atoms with E-state index < -0.39 is 17.6 Å². The third-order valence-electron chi connectivity index (χ3n) is 4.02. The lowest BCUT2D eigenvalue weighted by Crippen LogP contribution is -2.10. The first-order chi connectivity index (χ1) is 13.3. The number of hydrogen-bond acceptors (Lipinski definition) is 5. The number of benzene rings is 2. The van der Waals surface area contributed by atoms with Crippen molar-refractivity contribution in [1.29, 1.82) is 5.41 Å². The Kier molecular flexibility index (Phi) is 5.25. The average Bonchev–Trinajstić information content (AvgIpc) is 2.67. The van der Waals surface area contributed by atoms with Gasteiger partial charge in [0.25, 0.3) is 0 Å². The van der Waals surface area contributed by atoms with Crippen molar-refractivity contribution in [3.05, 3.63) is 71.3 Å². The lowest BCUT2D eigenvalue weighted by molar-refractivity contribution is -0.140. The zero-order chi connectivity index (χ0) is 20.3. The summed E-state index contributed by atoms with van der Waals surface area (Å²) in [6, 6.07) is 8.00. The number of fused-ring (bicyclic) bond motifs is 1. The van der Waals surface area contributed by atoms with E-state index in [4.69, 9.17) is 11.1 Å². The molecule has 0 aliphatic carbocycles. The number of rotatable bonds is 5. The Morgan fingerprint density at radius 1 is 1.14 bits per heavy atom. The molecule has 0 atom stereocenters. The van der Waals surface area contributed by atoms with Crippen LogP contribution in [0.1, 0.15) is 16.7 Å². The van der Waals surface area contributed by atoms with E-state index in [-0.39, 0.29) is 12.1 Å². The fraction of sp³-hybridized carbons (Fsp3) is 0.105. The smallest absolute Gasteiger partial charge is 0.404 e. The second kappa shape index (κ2) is 7.63. The van der Waals surface area contributed by atoms with Gasteiger partial charge in [-0.3, -0.25) is 4.98 Å². The second-order valence-electron chi connectivity index (χ2n) is 5.89. The SMILES string of the molecule is N=C/C(=C\N)c1ccc2nc(NCc3ccc(F)c(C(F)(F)F)c3)cnc2c1. The Balaban J connectivity index is 1.80. The van der Waals surface area contributed by atoms with E-state index in [1.807, 2.05) is 0 Å². The van der Waals surface area contributed by atoms with E-state index in [2.05, 4.69) is 15.3 Å². The molecule has 0 unspecified atom stereocenters. The molecular weight excluding hydrogens is 374 g/mol. The Labute approximate surface area is 157 Å². The molecule has 144 valence electrons. The summed E-state index contributed by atoms with van der Waals surface area (Å²) >= 11 is 0. The number of nitrogens with zero attached hydrogens (tertiary/aromatic N) is 2. The van der Waals surface area contributed by atoms with Crippen LogP contribution in [0.4, 0.5) is 23.4 Å². The third-order valence-corrected chi connectivity index (χ3v) is 4.02. The normalized spacial score (nSPS) is 12.2. The van der Waals surface area contributed by atoms with Crippen molar-refractivity contribution < 1.29 is 17.6 Å². The van der Waals surface area contributed by atoms with Crippen LogP contribution in [0.5, 0.6) is 0 Å². The zero-order valence-electron chi connectivity index (χ0n) is 14.4. The summed E-state index contributed by atoms with van der Waals surface area (Å²) in [5.41, 5.74) is 6.80. The molecule has 0 aliphatic heterocycles. The van der Waals surface area contributed by atoms with Crippen LogP contribution in [0.15, 0.2) is 48.8 Å². The fourth-order valence-corrected chi connectivity index (χ4v) is 2.60. The summed E-state index contributed by atoms with van der Waals surface area (Å²) in [7, 11) is 0. The number of halogens is 4. The lowest BCUT2D eigenvalue weighted by atomic mass is 10.1. The largest absolute Gasteiger partial charge is 0.419 e. The number of alkyl halides is 3. The molecule has 0 bridgehead atoms. The Hall–Kier alpha value is -3.49. The number of aromatic nitrogens is 2. The van der Waals surface area contributed by atoms with Crippen molar-refractivity contribution in [2.45, 2.75) is 12.7 Å². The van der Waals surface area contributed by atoms with Crippen LogP contribution in [0, 0.1) is 11.2 Å². The highest BCUT2D eigenvalue weighted by molar-refractivity contribution is 6.08. The highest BCUT2D eigenvalue weighted by Crippen LogP contribution is 2.32. The summed E-state index contributed by atoms with van der Waals surface area (Å²) in [6.07, 6.45) is -0.873. The number of anilines is 1. The maximum absolute atomic E-state index is 13.4. The quantitative estimate of drug-likeness (QED) is 0.447.